The second-order valence-corrected chi connectivity index (χ2v) is 4.03. The van der Waals surface area contributed by atoms with E-state index in [1.165, 1.54) is 6.33 Å². The first-order valence-corrected chi connectivity index (χ1v) is 6.05. The van der Waals surface area contributed by atoms with Gasteiger partial charge >= 0.3 is 5.69 Å². The summed E-state index contributed by atoms with van der Waals surface area (Å²) in [5.41, 5.74) is 7.08. The van der Waals surface area contributed by atoms with Gasteiger partial charge in [0.05, 0.1) is 17.2 Å². The fourth-order valence-corrected chi connectivity index (χ4v) is 1.82. The minimum absolute atomic E-state index is 0.0928. The molecule has 0 aromatic carbocycles. The summed E-state index contributed by atoms with van der Waals surface area (Å²) < 4.78 is 0. The number of pyridine rings is 1. The van der Waals surface area contributed by atoms with Gasteiger partial charge in [-0.25, -0.2) is 9.97 Å². The van der Waals surface area contributed by atoms with Crippen LogP contribution in [-0.4, -0.2) is 19.9 Å². The van der Waals surface area contributed by atoms with E-state index < -0.39 is 4.92 Å². The normalized spacial score (nSPS) is 10.2. The van der Waals surface area contributed by atoms with Gasteiger partial charge in [0.2, 0.25) is 11.6 Å². The molecule has 20 heavy (non-hydrogen) atoms. The van der Waals surface area contributed by atoms with Crippen molar-refractivity contribution in [2.45, 2.75) is 19.9 Å². The van der Waals surface area contributed by atoms with E-state index in [1.807, 2.05) is 19.1 Å². The predicted octanol–water partition coefficient (Wildman–Crippen LogP) is 1.54. The van der Waals surface area contributed by atoms with E-state index in [2.05, 4.69) is 20.3 Å². The topological polar surface area (TPSA) is 120 Å². The summed E-state index contributed by atoms with van der Waals surface area (Å²) in [5, 5.41) is 13.9. The minimum atomic E-state index is -0.600. The second-order valence-electron chi connectivity index (χ2n) is 4.03. The lowest BCUT2D eigenvalue weighted by molar-refractivity contribution is -0.383. The van der Waals surface area contributed by atoms with Crippen LogP contribution in [0.5, 0.6) is 0 Å². The molecular formula is C12H14N6O2. The van der Waals surface area contributed by atoms with Gasteiger partial charge in [0.15, 0.2) is 0 Å². The summed E-state index contributed by atoms with van der Waals surface area (Å²) in [4.78, 5) is 22.1. The maximum Gasteiger partial charge on any atom is 0.352 e. The molecule has 0 atom stereocenters. The van der Waals surface area contributed by atoms with Crippen LogP contribution in [0.3, 0.4) is 0 Å². The summed E-state index contributed by atoms with van der Waals surface area (Å²) in [6.07, 6.45) is 3.70. The quantitative estimate of drug-likeness (QED) is 0.626. The second kappa shape index (κ2) is 5.91. The average molecular weight is 274 g/mol. The Balaban J connectivity index is 2.23. The number of nitrogens with zero attached hydrogens (tertiary/aromatic N) is 4. The number of nitro groups is 1. The molecule has 0 radical (unpaired) electrons. The van der Waals surface area contributed by atoms with E-state index in [-0.39, 0.29) is 17.3 Å². The molecule has 0 aliphatic heterocycles. The number of aryl methyl sites for hydroxylation is 1. The third-order valence-electron chi connectivity index (χ3n) is 2.82. The monoisotopic (exact) mass is 274 g/mol. The van der Waals surface area contributed by atoms with Gasteiger partial charge < -0.3 is 11.1 Å². The smallest absolute Gasteiger partial charge is 0.352 e. The van der Waals surface area contributed by atoms with Crippen LogP contribution in [-0.2, 0) is 13.0 Å². The van der Waals surface area contributed by atoms with Crippen LogP contribution in [0.25, 0.3) is 0 Å². The molecule has 8 nitrogen and oxygen atoms in total. The summed E-state index contributed by atoms with van der Waals surface area (Å²) in [6, 6.07) is 3.82. The average Bonchev–Trinajstić information content (AvgIpc) is 2.45. The van der Waals surface area contributed by atoms with Crippen LogP contribution >= 0.6 is 0 Å². The zero-order valence-corrected chi connectivity index (χ0v) is 10.9. The summed E-state index contributed by atoms with van der Waals surface area (Å²) in [5.74, 6) is -0.0700. The Bertz CT molecular complexity index is 631. The Kier molecular flexibility index (Phi) is 4.04. The summed E-state index contributed by atoms with van der Waals surface area (Å²) in [6.45, 7) is 2.35. The highest BCUT2D eigenvalue weighted by molar-refractivity contribution is 5.67. The molecule has 2 aromatic rings. The molecule has 0 spiro atoms. The van der Waals surface area contributed by atoms with Crippen LogP contribution < -0.4 is 11.1 Å². The Labute approximate surface area is 115 Å². The van der Waals surface area contributed by atoms with Crippen molar-refractivity contribution in [3.63, 3.8) is 0 Å². The zero-order valence-electron chi connectivity index (χ0n) is 10.9. The first-order valence-electron chi connectivity index (χ1n) is 6.05. The maximum absolute atomic E-state index is 11.0. The van der Waals surface area contributed by atoms with Gasteiger partial charge in [-0.1, -0.05) is 13.0 Å². The molecule has 0 saturated carbocycles. The van der Waals surface area contributed by atoms with Gasteiger partial charge in [-0.05, 0) is 18.1 Å². The maximum atomic E-state index is 11.0. The molecule has 0 aliphatic carbocycles. The van der Waals surface area contributed by atoms with Gasteiger partial charge in [-0.2, -0.15) is 0 Å². The fourth-order valence-electron chi connectivity index (χ4n) is 1.82. The number of nitrogens with two attached hydrogens (primary N) is 1. The fraction of sp³-hybridized carbons (Fsp3) is 0.250. The summed E-state index contributed by atoms with van der Waals surface area (Å²) >= 11 is 0. The Morgan fingerprint density at radius 3 is 2.90 bits per heavy atom. The minimum Gasteiger partial charge on any atom is -0.378 e. The molecule has 2 aromatic heterocycles. The highest BCUT2D eigenvalue weighted by Crippen LogP contribution is 2.26. The first-order chi connectivity index (χ1) is 9.63. The largest absolute Gasteiger partial charge is 0.378 e. The van der Waals surface area contributed by atoms with Crippen molar-refractivity contribution in [3.8, 4) is 0 Å². The Hall–Kier alpha value is -2.77. The molecule has 2 heterocycles. The van der Waals surface area contributed by atoms with Crippen LogP contribution in [0.15, 0.2) is 24.7 Å². The standard InChI is InChI=1S/C12H14N6O2/c1-2-8-4-3-5-14-9(8)6-15-12-10(18(19)20)11(13)16-7-17-12/h3-5,7H,2,6H2,1H3,(H3,13,15,16,17). The Morgan fingerprint density at radius 1 is 1.40 bits per heavy atom. The van der Waals surface area contributed by atoms with Gasteiger partial charge in [0, 0.05) is 6.20 Å². The van der Waals surface area contributed by atoms with Crippen molar-refractivity contribution in [3.05, 3.63) is 46.0 Å². The molecule has 0 bridgehead atoms. The van der Waals surface area contributed by atoms with Crippen LogP contribution in [0.2, 0.25) is 0 Å². The van der Waals surface area contributed by atoms with E-state index in [4.69, 9.17) is 5.73 Å². The molecule has 2 rings (SSSR count). The lowest BCUT2D eigenvalue weighted by Crippen LogP contribution is -2.10. The van der Waals surface area contributed by atoms with E-state index in [0.29, 0.717) is 6.54 Å². The summed E-state index contributed by atoms with van der Waals surface area (Å²) in [7, 11) is 0. The number of aromatic nitrogens is 3. The number of hydrogen-bond acceptors (Lipinski definition) is 7. The Morgan fingerprint density at radius 2 is 2.20 bits per heavy atom. The molecule has 104 valence electrons. The van der Waals surface area contributed by atoms with Crippen molar-refractivity contribution in [2.24, 2.45) is 0 Å². The highest BCUT2D eigenvalue weighted by Gasteiger charge is 2.20. The van der Waals surface area contributed by atoms with Crippen molar-refractivity contribution < 1.29 is 4.92 Å². The lowest BCUT2D eigenvalue weighted by atomic mass is 10.1. The molecule has 0 saturated heterocycles. The number of hydrogen-bond donors (Lipinski definition) is 2. The number of anilines is 2. The van der Waals surface area contributed by atoms with Crippen molar-refractivity contribution in [2.75, 3.05) is 11.1 Å². The molecule has 8 heteroatoms. The molecule has 0 unspecified atom stereocenters. The third kappa shape index (κ3) is 2.79. The third-order valence-corrected chi connectivity index (χ3v) is 2.82. The van der Waals surface area contributed by atoms with Crippen molar-refractivity contribution >= 4 is 17.3 Å². The van der Waals surface area contributed by atoms with Crippen LogP contribution in [0, 0.1) is 10.1 Å². The van der Waals surface area contributed by atoms with E-state index in [1.54, 1.807) is 6.20 Å². The van der Waals surface area contributed by atoms with E-state index >= 15 is 0 Å². The number of nitrogen functional groups attached to an aromatic ring is 1. The van der Waals surface area contributed by atoms with Gasteiger partial charge in [0.1, 0.15) is 6.33 Å². The van der Waals surface area contributed by atoms with Crippen molar-refractivity contribution in [1.29, 1.82) is 0 Å². The molecule has 0 amide bonds. The van der Waals surface area contributed by atoms with Crippen molar-refractivity contribution in [1.82, 2.24) is 15.0 Å². The van der Waals surface area contributed by atoms with E-state index in [0.717, 1.165) is 17.7 Å². The zero-order chi connectivity index (χ0) is 14.5. The highest BCUT2D eigenvalue weighted by atomic mass is 16.6. The predicted molar refractivity (Wildman–Crippen MR) is 74.0 cm³/mol. The SMILES string of the molecule is CCc1cccnc1CNc1ncnc(N)c1[N+](=O)[O-]. The van der Waals surface area contributed by atoms with Gasteiger partial charge in [-0.3, -0.25) is 15.1 Å². The lowest BCUT2D eigenvalue weighted by Gasteiger charge is -2.09. The van der Waals surface area contributed by atoms with Gasteiger partial charge in [-0.15, -0.1) is 0 Å². The van der Waals surface area contributed by atoms with Crippen LogP contribution in [0.4, 0.5) is 17.3 Å². The van der Waals surface area contributed by atoms with Crippen LogP contribution in [0.1, 0.15) is 18.2 Å². The molecule has 0 aliphatic rings. The molecule has 3 N–H and O–H groups in total. The first kappa shape index (κ1) is 13.7. The van der Waals surface area contributed by atoms with Gasteiger partial charge in [0.25, 0.3) is 0 Å². The number of rotatable bonds is 5. The molecule has 0 fully saturated rings. The van der Waals surface area contributed by atoms with E-state index in [9.17, 15) is 10.1 Å². The number of nitrogens with one attached hydrogen (secondary N) is 1. The molecular weight excluding hydrogens is 260 g/mol.